The van der Waals surface area contributed by atoms with E-state index in [1.165, 1.54) is 0 Å². The zero-order valence-electron chi connectivity index (χ0n) is 5.13. The first kappa shape index (κ1) is 7.31. The Morgan fingerprint density at radius 2 is 2.33 bits per heavy atom. The van der Waals surface area contributed by atoms with Gasteiger partial charge in [0.15, 0.2) is 0 Å². The van der Waals surface area contributed by atoms with Crippen molar-refractivity contribution in [3.8, 4) is 0 Å². The van der Waals surface area contributed by atoms with E-state index in [2.05, 4.69) is 12.8 Å². The van der Waals surface area contributed by atoms with Crippen LogP contribution in [0.1, 0.15) is 6.42 Å². The van der Waals surface area contributed by atoms with Gasteiger partial charge in [0, 0.05) is 19.1 Å². The fourth-order valence-corrected chi connectivity index (χ4v) is 1.24. The molecule has 0 spiro atoms. The number of nitrogens with zero attached hydrogens (tertiary/aromatic N) is 1. The van der Waals surface area contributed by atoms with Crippen LogP contribution in [0.4, 0.5) is 4.39 Å². The summed E-state index contributed by atoms with van der Waals surface area (Å²) < 4.78 is 14.3. The van der Waals surface area contributed by atoms with E-state index in [9.17, 15) is 4.39 Å². The van der Waals surface area contributed by atoms with Gasteiger partial charge in [-0.1, -0.05) is 12.8 Å². The van der Waals surface area contributed by atoms with Crippen molar-refractivity contribution in [2.45, 2.75) is 18.6 Å². The molecule has 0 aromatic heterocycles. The number of hydrogen-bond acceptors (Lipinski definition) is 3. The van der Waals surface area contributed by atoms with E-state index >= 15 is 0 Å². The number of piperidine rings is 1. The number of alkyl halides is 1. The van der Waals surface area contributed by atoms with Gasteiger partial charge in [-0.25, -0.2) is 4.39 Å². The maximum Gasteiger partial charge on any atom is 0.118 e. The molecule has 1 saturated heterocycles. The van der Waals surface area contributed by atoms with Gasteiger partial charge in [0.05, 0.1) is 0 Å². The first-order chi connectivity index (χ1) is 4.20. The molecule has 2 atom stereocenters. The minimum Gasteiger partial charge on any atom is -0.324 e. The van der Waals surface area contributed by atoms with E-state index in [1.54, 1.807) is 4.31 Å². The van der Waals surface area contributed by atoms with Crippen molar-refractivity contribution in [1.29, 1.82) is 0 Å². The van der Waals surface area contributed by atoms with Gasteiger partial charge < -0.3 is 5.73 Å². The van der Waals surface area contributed by atoms with Crippen LogP contribution < -0.4 is 5.73 Å². The lowest BCUT2D eigenvalue weighted by Crippen LogP contribution is -2.46. The summed E-state index contributed by atoms with van der Waals surface area (Å²) in [6.45, 7) is 1.27. The highest BCUT2D eigenvalue weighted by atomic mass is 32.1. The summed E-state index contributed by atoms with van der Waals surface area (Å²) in [4.78, 5) is 0. The summed E-state index contributed by atoms with van der Waals surface area (Å²) in [7, 11) is 0. The highest BCUT2D eigenvalue weighted by Crippen LogP contribution is 2.13. The van der Waals surface area contributed by atoms with Gasteiger partial charge in [-0.2, -0.15) is 0 Å². The third kappa shape index (κ3) is 1.81. The van der Waals surface area contributed by atoms with E-state index < -0.39 is 6.17 Å². The molecule has 4 heteroatoms. The molecule has 0 amide bonds. The molecule has 0 radical (unpaired) electrons. The Kier molecular flexibility index (Phi) is 2.32. The molecule has 0 bridgehead atoms. The van der Waals surface area contributed by atoms with Crippen LogP contribution in [0.25, 0.3) is 0 Å². The highest BCUT2D eigenvalue weighted by molar-refractivity contribution is 7.77. The quantitative estimate of drug-likeness (QED) is 0.483. The minimum absolute atomic E-state index is 0.337. The molecule has 54 valence electrons. The number of rotatable bonds is 0. The molecule has 0 aromatic rings. The monoisotopic (exact) mass is 150 g/mol. The molecule has 1 aliphatic rings. The second-order valence-electron chi connectivity index (χ2n) is 2.38. The standard InChI is InChI=1S/C5H11FN2S/c6-4-1-2-8(9)3-5(4)7/h4-5,9H,1-3,7H2. The maximum absolute atomic E-state index is 12.6. The number of halogens is 1. The van der Waals surface area contributed by atoms with Crippen molar-refractivity contribution in [3.05, 3.63) is 0 Å². The van der Waals surface area contributed by atoms with Gasteiger partial charge in [-0.05, 0) is 6.42 Å². The molecule has 0 aromatic carbocycles. The first-order valence-electron chi connectivity index (χ1n) is 3.03. The van der Waals surface area contributed by atoms with Crippen LogP contribution in [-0.2, 0) is 0 Å². The zero-order chi connectivity index (χ0) is 6.85. The normalized spacial score (nSPS) is 39.0. The van der Waals surface area contributed by atoms with Gasteiger partial charge in [-0.3, -0.25) is 4.31 Å². The van der Waals surface area contributed by atoms with Crippen LogP contribution in [-0.4, -0.2) is 29.6 Å². The van der Waals surface area contributed by atoms with Crippen LogP contribution in [0.15, 0.2) is 0 Å². The van der Waals surface area contributed by atoms with Gasteiger partial charge in [0.2, 0.25) is 0 Å². The van der Waals surface area contributed by atoms with Crippen molar-refractivity contribution in [2.24, 2.45) is 5.73 Å². The fraction of sp³-hybridized carbons (Fsp3) is 1.00. The van der Waals surface area contributed by atoms with Crippen molar-refractivity contribution in [1.82, 2.24) is 4.31 Å². The molecule has 0 saturated carbocycles. The largest absolute Gasteiger partial charge is 0.324 e. The van der Waals surface area contributed by atoms with Crippen LogP contribution >= 0.6 is 12.8 Å². The smallest absolute Gasteiger partial charge is 0.118 e. The molecule has 2 nitrogen and oxygen atoms in total. The average Bonchev–Trinajstić information content (AvgIpc) is 1.80. The second kappa shape index (κ2) is 2.86. The minimum atomic E-state index is -0.826. The van der Waals surface area contributed by atoms with E-state index in [4.69, 9.17) is 5.73 Å². The van der Waals surface area contributed by atoms with Crippen LogP contribution in [0.3, 0.4) is 0 Å². The summed E-state index contributed by atoms with van der Waals surface area (Å²) in [6, 6.07) is -0.337. The molecule has 9 heavy (non-hydrogen) atoms. The molecule has 1 heterocycles. The zero-order valence-corrected chi connectivity index (χ0v) is 6.02. The van der Waals surface area contributed by atoms with E-state index in [1.807, 2.05) is 0 Å². The predicted octanol–water partition coefficient (Wildman–Crippen LogP) is 0.202. The molecular formula is C5H11FN2S. The summed E-state index contributed by atoms with van der Waals surface area (Å²) >= 11 is 4.05. The molecular weight excluding hydrogens is 139 g/mol. The number of hydrogen-bond donors (Lipinski definition) is 2. The van der Waals surface area contributed by atoms with Gasteiger partial charge in [-0.15, -0.1) is 0 Å². The lowest BCUT2D eigenvalue weighted by Gasteiger charge is -2.28. The second-order valence-corrected chi connectivity index (χ2v) is 2.95. The molecule has 2 N–H and O–H groups in total. The highest BCUT2D eigenvalue weighted by Gasteiger charge is 2.23. The first-order valence-corrected chi connectivity index (χ1v) is 3.43. The Balaban J connectivity index is 2.35. The number of thiol groups is 1. The molecule has 0 aliphatic carbocycles. The van der Waals surface area contributed by atoms with Gasteiger partial charge in [0.25, 0.3) is 0 Å². The average molecular weight is 150 g/mol. The third-order valence-corrected chi connectivity index (χ3v) is 1.91. The SMILES string of the molecule is NC1CN(S)CCC1F. The van der Waals surface area contributed by atoms with Crippen LogP contribution in [0.5, 0.6) is 0 Å². The lowest BCUT2D eigenvalue weighted by molar-refractivity contribution is 0.190. The van der Waals surface area contributed by atoms with Crippen LogP contribution in [0, 0.1) is 0 Å². The summed E-state index contributed by atoms with van der Waals surface area (Å²) in [6.07, 6.45) is -0.307. The van der Waals surface area contributed by atoms with Gasteiger partial charge >= 0.3 is 0 Å². The molecule has 1 rings (SSSR count). The van der Waals surface area contributed by atoms with E-state index in [0.717, 1.165) is 0 Å². The van der Waals surface area contributed by atoms with Crippen LogP contribution in [0.2, 0.25) is 0 Å². The lowest BCUT2D eigenvalue weighted by atomic mass is 10.1. The Labute approximate surface area is 59.7 Å². The van der Waals surface area contributed by atoms with Crippen molar-refractivity contribution < 1.29 is 4.39 Å². The molecule has 1 fully saturated rings. The Hall–Kier alpha value is 0.200. The Morgan fingerprint density at radius 3 is 2.78 bits per heavy atom. The topological polar surface area (TPSA) is 29.3 Å². The van der Waals surface area contributed by atoms with Crippen molar-refractivity contribution in [3.63, 3.8) is 0 Å². The Morgan fingerprint density at radius 1 is 1.67 bits per heavy atom. The maximum atomic E-state index is 12.6. The van der Waals surface area contributed by atoms with Crippen molar-refractivity contribution >= 4 is 12.8 Å². The van der Waals surface area contributed by atoms with Gasteiger partial charge in [0.1, 0.15) is 6.17 Å². The Bertz CT molecular complexity index is 101. The van der Waals surface area contributed by atoms with E-state index in [0.29, 0.717) is 19.5 Å². The fourth-order valence-electron chi connectivity index (χ4n) is 0.935. The summed E-state index contributed by atoms with van der Waals surface area (Å²) in [5.74, 6) is 0. The molecule has 1 aliphatic heterocycles. The summed E-state index contributed by atoms with van der Waals surface area (Å²) in [5, 5.41) is 0. The van der Waals surface area contributed by atoms with E-state index in [-0.39, 0.29) is 6.04 Å². The third-order valence-electron chi connectivity index (χ3n) is 1.55. The summed E-state index contributed by atoms with van der Waals surface area (Å²) in [5.41, 5.74) is 5.40. The molecule has 2 unspecified atom stereocenters. The number of nitrogens with two attached hydrogens (primary N) is 1. The van der Waals surface area contributed by atoms with Crippen molar-refractivity contribution in [2.75, 3.05) is 13.1 Å². The predicted molar refractivity (Wildman–Crippen MR) is 38.0 cm³/mol.